The molecule has 20 heavy (non-hydrogen) atoms. The van der Waals surface area contributed by atoms with Crippen LogP contribution in [-0.2, 0) is 4.74 Å². The minimum absolute atomic E-state index is 0.00860. The molecule has 5 nitrogen and oxygen atoms in total. The maximum atomic E-state index is 11.7. The van der Waals surface area contributed by atoms with Crippen molar-refractivity contribution in [3.05, 3.63) is 29.8 Å². The molecule has 110 valence electrons. The number of benzene rings is 1. The number of rotatable bonds is 3. The number of ether oxygens (including phenoxy) is 1. The van der Waals surface area contributed by atoms with E-state index in [2.05, 4.69) is 17.0 Å². The van der Waals surface area contributed by atoms with Crippen LogP contribution >= 0.6 is 0 Å². The molecule has 1 aliphatic heterocycles. The summed E-state index contributed by atoms with van der Waals surface area (Å²) in [4.78, 5) is 15.7. The third kappa shape index (κ3) is 3.22. The number of nitrogens with zero attached hydrogens (tertiary/aromatic N) is 2. The summed E-state index contributed by atoms with van der Waals surface area (Å²) < 4.78 is 5.03. The van der Waals surface area contributed by atoms with Crippen LogP contribution in [0.3, 0.4) is 0 Å². The Balaban J connectivity index is 2.02. The third-order valence-electron chi connectivity index (χ3n) is 3.57. The van der Waals surface area contributed by atoms with Crippen LogP contribution in [0.4, 0.5) is 10.5 Å². The van der Waals surface area contributed by atoms with Crippen LogP contribution in [0.25, 0.3) is 0 Å². The fraction of sp³-hybridized carbons (Fsp3) is 0.533. The second kappa shape index (κ2) is 6.61. The Labute approximate surface area is 120 Å². The van der Waals surface area contributed by atoms with E-state index in [1.165, 1.54) is 5.69 Å². The molecule has 1 amide bonds. The van der Waals surface area contributed by atoms with Gasteiger partial charge in [-0.05, 0) is 25.5 Å². The summed E-state index contributed by atoms with van der Waals surface area (Å²) in [5.74, 6) is 0. The SMILES string of the molecule is CCOC(=O)N1CCN(c2ccccc2C(C)N)CC1. The van der Waals surface area contributed by atoms with Gasteiger partial charge in [-0.2, -0.15) is 0 Å². The van der Waals surface area contributed by atoms with Gasteiger partial charge in [0.05, 0.1) is 6.61 Å². The Morgan fingerprint density at radius 1 is 1.30 bits per heavy atom. The van der Waals surface area contributed by atoms with Crippen molar-refractivity contribution in [2.75, 3.05) is 37.7 Å². The molecule has 1 unspecified atom stereocenters. The minimum Gasteiger partial charge on any atom is -0.450 e. The van der Waals surface area contributed by atoms with E-state index in [-0.39, 0.29) is 12.1 Å². The molecule has 0 spiro atoms. The summed E-state index contributed by atoms with van der Waals surface area (Å²) in [5, 5.41) is 0. The topological polar surface area (TPSA) is 58.8 Å². The molecule has 1 heterocycles. The first-order chi connectivity index (χ1) is 9.63. The highest BCUT2D eigenvalue weighted by molar-refractivity contribution is 5.68. The first-order valence-electron chi connectivity index (χ1n) is 7.14. The van der Waals surface area contributed by atoms with E-state index in [0.717, 1.165) is 18.7 Å². The monoisotopic (exact) mass is 277 g/mol. The van der Waals surface area contributed by atoms with Gasteiger partial charge in [-0.1, -0.05) is 18.2 Å². The van der Waals surface area contributed by atoms with Crippen LogP contribution in [0.1, 0.15) is 25.5 Å². The molecule has 1 atom stereocenters. The van der Waals surface area contributed by atoms with E-state index in [4.69, 9.17) is 10.5 Å². The molecule has 0 aromatic heterocycles. The zero-order valence-electron chi connectivity index (χ0n) is 12.2. The third-order valence-corrected chi connectivity index (χ3v) is 3.57. The Morgan fingerprint density at radius 2 is 1.95 bits per heavy atom. The lowest BCUT2D eigenvalue weighted by Gasteiger charge is -2.36. The molecule has 1 fully saturated rings. The number of carbonyl (C=O) groups excluding carboxylic acids is 1. The number of nitrogens with two attached hydrogens (primary N) is 1. The Morgan fingerprint density at radius 3 is 2.55 bits per heavy atom. The number of para-hydroxylation sites is 1. The van der Waals surface area contributed by atoms with Gasteiger partial charge < -0.3 is 20.3 Å². The van der Waals surface area contributed by atoms with E-state index in [1.54, 1.807) is 4.90 Å². The molecular formula is C15H23N3O2. The molecule has 1 aromatic rings. The smallest absolute Gasteiger partial charge is 0.409 e. The number of amides is 1. The van der Waals surface area contributed by atoms with Crippen LogP contribution in [0.2, 0.25) is 0 Å². The number of anilines is 1. The first kappa shape index (κ1) is 14.7. The number of hydrogen-bond acceptors (Lipinski definition) is 4. The Hall–Kier alpha value is -1.75. The van der Waals surface area contributed by atoms with Crippen molar-refractivity contribution in [3.63, 3.8) is 0 Å². The van der Waals surface area contributed by atoms with Gasteiger partial charge in [0.2, 0.25) is 0 Å². The molecular weight excluding hydrogens is 254 g/mol. The van der Waals surface area contributed by atoms with Crippen LogP contribution in [0, 0.1) is 0 Å². The predicted octanol–water partition coefficient (Wildman–Crippen LogP) is 1.98. The van der Waals surface area contributed by atoms with Crippen LogP contribution in [0.15, 0.2) is 24.3 Å². The van der Waals surface area contributed by atoms with E-state index in [0.29, 0.717) is 19.7 Å². The van der Waals surface area contributed by atoms with E-state index in [9.17, 15) is 4.79 Å². The molecule has 0 radical (unpaired) electrons. The van der Waals surface area contributed by atoms with E-state index >= 15 is 0 Å². The summed E-state index contributed by atoms with van der Waals surface area (Å²) in [6, 6.07) is 8.21. The van der Waals surface area contributed by atoms with Crippen molar-refractivity contribution in [3.8, 4) is 0 Å². The van der Waals surface area contributed by atoms with Crippen molar-refractivity contribution < 1.29 is 9.53 Å². The van der Waals surface area contributed by atoms with Gasteiger partial charge in [-0.3, -0.25) is 0 Å². The standard InChI is InChI=1S/C15H23N3O2/c1-3-20-15(19)18-10-8-17(9-11-18)14-7-5-4-6-13(14)12(2)16/h4-7,12H,3,8-11,16H2,1-2H3. The van der Waals surface area contributed by atoms with Crippen LogP contribution in [-0.4, -0.2) is 43.8 Å². The van der Waals surface area contributed by atoms with Crippen molar-refractivity contribution in [1.82, 2.24) is 4.90 Å². The van der Waals surface area contributed by atoms with Crippen LogP contribution < -0.4 is 10.6 Å². The number of hydrogen-bond donors (Lipinski definition) is 1. The molecule has 1 saturated heterocycles. The molecule has 1 aliphatic rings. The van der Waals surface area contributed by atoms with Crippen molar-refractivity contribution in [1.29, 1.82) is 0 Å². The predicted molar refractivity (Wildman–Crippen MR) is 79.9 cm³/mol. The van der Waals surface area contributed by atoms with Gasteiger partial charge >= 0.3 is 6.09 Å². The van der Waals surface area contributed by atoms with Gasteiger partial charge in [0, 0.05) is 37.9 Å². The molecule has 5 heteroatoms. The maximum absolute atomic E-state index is 11.7. The van der Waals surface area contributed by atoms with Gasteiger partial charge in [0.1, 0.15) is 0 Å². The first-order valence-corrected chi connectivity index (χ1v) is 7.14. The minimum atomic E-state index is -0.215. The van der Waals surface area contributed by atoms with Crippen LogP contribution in [0.5, 0.6) is 0 Å². The summed E-state index contributed by atoms with van der Waals surface area (Å²) in [6.45, 7) is 7.23. The molecule has 2 rings (SSSR count). The number of carbonyl (C=O) groups is 1. The molecule has 0 aliphatic carbocycles. The van der Waals surface area contributed by atoms with Crippen molar-refractivity contribution in [2.45, 2.75) is 19.9 Å². The average Bonchev–Trinajstić information content (AvgIpc) is 2.47. The van der Waals surface area contributed by atoms with Gasteiger partial charge in [-0.25, -0.2) is 4.79 Å². The van der Waals surface area contributed by atoms with Gasteiger partial charge in [0.25, 0.3) is 0 Å². The summed E-state index contributed by atoms with van der Waals surface area (Å²) >= 11 is 0. The zero-order chi connectivity index (χ0) is 14.5. The van der Waals surface area contributed by atoms with Gasteiger partial charge in [-0.15, -0.1) is 0 Å². The lowest BCUT2D eigenvalue weighted by molar-refractivity contribution is 0.105. The maximum Gasteiger partial charge on any atom is 0.409 e. The lowest BCUT2D eigenvalue weighted by atomic mass is 10.1. The molecule has 2 N–H and O–H groups in total. The zero-order valence-corrected chi connectivity index (χ0v) is 12.2. The quantitative estimate of drug-likeness (QED) is 0.918. The second-order valence-electron chi connectivity index (χ2n) is 5.02. The molecule has 0 bridgehead atoms. The average molecular weight is 277 g/mol. The van der Waals surface area contributed by atoms with Crippen molar-refractivity contribution in [2.24, 2.45) is 5.73 Å². The van der Waals surface area contributed by atoms with E-state index in [1.807, 2.05) is 26.0 Å². The Bertz CT molecular complexity index is 454. The molecule has 0 saturated carbocycles. The largest absolute Gasteiger partial charge is 0.450 e. The summed E-state index contributed by atoms with van der Waals surface area (Å²) in [6.07, 6.45) is -0.215. The highest BCUT2D eigenvalue weighted by atomic mass is 16.6. The summed E-state index contributed by atoms with van der Waals surface area (Å²) in [7, 11) is 0. The normalized spacial score (nSPS) is 16.9. The fourth-order valence-corrected chi connectivity index (χ4v) is 2.51. The highest BCUT2D eigenvalue weighted by Crippen LogP contribution is 2.25. The fourth-order valence-electron chi connectivity index (χ4n) is 2.51. The Kier molecular flexibility index (Phi) is 4.84. The van der Waals surface area contributed by atoms with Gasteiger partial charge in [0.15, 0.2) is 0 Å². The highest BCUT2D eigenvalue weighted by Gasteiger charge is 2.23. The lowest BCUT2D eigenvalue weighted by Crippen LogP contribution is -2.49. The summed E-state index contributed by atoms with van der Waals surface area (Å²) in [5.41, 5.74) is 8.35. The van der Waals surface area contributed by atoms with Crippen molar-refractivity contribution >= 4 is 11.8 Å². The number of piperazine rings is 1. The van der Waals surface area contributed by atoms with E-state index < -0.39 is 0 Å². The second-order valence-corrected chi connectivity index (χ2v) is 5.02. The molecule has 1 aromatic carbocycles.